The molecule has 1 heterocycles. The zero-order chi connectivity index (χ0) is 11.8. The Labute approximate surface area is 97.9 Å². The summed E-state index contributed by atoms with van der Waals surface area (Å²) in [4.78, 5) is 13.4. The van der Waals surface area contributed by atoms with Crippen LogP contribution in [0, 0.1) is 5.92 Å². The van der Waals surface area contributed by atoms with Crippen molar-refractivity contribution in [1.29, 1.82) is 0 Å². The molecule has 0 spiro atoms. The molecular formula is C12H23NO3. The second-order valence-corrected chi connectivity index (χ2v) is 4.37. The van der Waals surface area contributed by atoms with E-state index < -0.39 is 0 Å². The summed E-state index contributed by atoms with van der Waals surface area (Å²) in [5, 5.41) is 0. The molecule has 1 fully saturated rings. The first kappa shape index (κ1) is 13.5. The molecule has 0 atom stereocenters. The van der Waals surface area contributed by atoms with E-state index >= 15 is 0 Å². The maximum absolute atomic E-state index is 11.2. The summed E-state index contributed by atoms with van der Waals surface area (Å²) >= 11 is 0. The molecule has 1 saturated heterocycles. The van der Waals surface area contributed by atoms with E-state index in [1.165, 1.54) is 0 Å². The van der Waals surface area contributed by atoms with Crippen LogP contribution in [0.4, 0.5) is 0 Å². The first-order valence-electron chi connectivity index (χ1n) is 6.14. The zero-order valence-corrected chi connectivity index (χ0v) is 10.4. The zero-order valence-electron chi connectivity index (χ0n) is 10.4. The molecule has 0 radical (unpaired) electrons. The Morgan fingerprint density at radius 3 is 2.75 bits per heavy atom. The van der Waals surface area contributed by atoms with Crippen molar-refractivity contribution in [3.63, 3.8) is 0 Å². The third kappa shape index (κ3) is 5.47. The van der Waals surface area contributed by atoms with Crippen LogP contribution in [0.25, 0.3) is 0 Å². The molecule has 4 nitrogen and oxygen atoms in total. The normalized spacial score (nSPS) is 17.7. The van der Waals surface area contributed by atoms with Gasteiger partial charge in [0.2, 0.25) is 0 Å². The van der Waals surface area contributed by atoms with Crippen molar-refractivity contribution in [1.82, 2.24) is 4.90 Å². The van der Waals surface area contributed by atoms with Crippen molar-refractivity contribution in [3.05, 3.63) is 0 Å². The molecule has 0 N–H and O–H groups in total. The van der Waals surface area contributed by atoms with E-state index in [1.54, 1.807) is 0 Å². The number of carbonyl (C=O) groups excluding carboxylic acids is 1. The fraction of sp³-hybridized carbons (Fsp3) is 0.917. The molecule has 1 aliphatic heterocycles. The van der Waals surface area contributed by atoms with Crippen molar-refractivity contribution in [2.45, 2.75) is 26.2 Å². The number of hydrogen-bond acceptors (Lipinski definition) is 4. The molecule has 16 heavy (non-hydrogen) atoms. The van der Waals surface area contributed by atoms with Crippen LogP contribution >= 0.6 is 0 Å². The van der Waals surface area contributed by atoms with Crippen molar-refractivity contribution in [2.75, 3.05) is 40.0 Å². The lowest BCUT2D eigenvalue weighted by molar-refractivity contribution is -0.143. The Bertz CT molecular complexity index is 202. The standard InChI is InChI=1S/C12H23NO3/c1-3-16-12(14)4-7-13(2)10-11-5-8-15-9-6-11/h11H,3-10H2,1-2H3. The minimum Gasteiger partial charge on any atom is -0.466 e. The van der Waals surface area contributed by atoms with Crippen molar-refractivity contribution >= 4 is 5.97 Å². The largest absolute Gasteiger partial charge is 0.466 e. The monoisotopic (exact) mass is 229 g/mol. The summed E-state index contributed by atoms with van der Waals surface area (Å²) in [7, 11) is 2.06. The molecule has 0 bridgehead atoms. The van der Waals surface area contributed by atoms with E-state index in [4.69, 9.17) is 9.47 Å². The average Bonchev–Trinajstić information content (AvgIpc) is 2.28. The molecular weight excluding hydrogens is 206 g/mol. The number of ether oxygens (including phenoxy) is 2. The topological polar surface area (TPSA) is 38.8 Å². The minimum absolute atomic E-state index is 0.0960. The summed E-state index contributed by atoms with van der Waals surface area (Å²) in [6, 6.07) is 0. The molecule has 0 aliphatic carbocycles. The van der Waals surface area contributed by atoms with Gasteiger partial charge in [0.05, 0.1) is 13.0 Å². The Morgan fingerprint density at radius 1 is 1.44 bits per heavy atom. The van der Waals surface area contributed by atoms with Gasteiger partial charge in [0.15, 0.2) is 0 Å². The molecule has 4 heteroatoms. The summed E-state index contributed by atoms with van der Waals surface area (Å²) in [5.41, 5.74) is 0. The molecule has 0 saturated carbocycles. The van der Waals surface area contributed by atoms with Crippen LogP contribution in [0.5, 0.6) is 0 Å². The van der Waals surface area contributed by atoms with E-state index in [0.717, 1.165) is 45.1 Å². The van der Waals surface area contributed by atoms with E-state index in [2.05, 4.69) is 11.9 Å². The summed E-state index contributed by atoms with van der Waals surface area (Å²) in [6.45, 7) is 5.93. The Kier molecular flexibility index (Phi) is 6.42. The number of rotatable bonds is 6. The number of carbonyl (C=O) groups is 1. The lowest BCUT2D eigenvalue weighted by Gasteiger charge is -2.26. The van der Waals surface area contributed by atoms with E-state index in [9.17, 15) is 4.79 Å². The minimum atomic E-state index is -0.0960. The van der Waals surface area contributed by atoms with Crippen molar-refractivity contribution in [3.8, 4) is 0 Å². The molecule has 0 aromatic carbocycles. The first-order valence-corrected chi connectivity index (χ1v) is 6.14. The van der Waals surface area contributed by atoms with Gasteiger partial charge in [-0.2, -0.15) is 0 Å². The molecule has 0 aromatic heterocycles. The van der Waals surface area contributed by atoms with Crippen LogP contribution in [-0.4, -0.2) is 50.8 Å². The van der Waals surface area contributed by atoms with Gasteiger partial charge in [-0.3, -0.25) is 4.79 Å². The lowest BCUT2D eigenvalue weighted by Crippen LogP contribution is -2.31. The summed E-state index contributed by atoms with van der Waals surface area (Å²) < 4.78 is 10.2. The fourth-order valence-electron chi connectivity index (χ4n) is 1.98. The number of hydrogen-bond donors (Lipinski definition) is 0. The van der Waals surface area contributed by atoms with Gasteiger partial charge in [0.25, 0.3) is 0 Å². The lowest BCUT2D eigenvalue weighted by atomic mass is 10.00. The highest BCUT2D eigenvalue weighted by molar-refractivity contribution is 5.69. The van der Waals surface area contributed by atoms with Gasteiger partial charge < -0.3 is 14.4 Å². The fourth-order valence-corrected chi connectivity index (χ4v) is 1.98. The quantitative estimate of drug-likeness (QED) is 0.643. The van der Waals surface area contributed by atoms with Crippen LogP contribution in [0.1, 0.15) is 26.2 Å². The van der Waals surface area contributed by atoms with Crippen LogP contribution < -0.4 is 0 Å². The highest BCUT2D eigenvalue weighted by Crippen LogP contribution is 2.15. The molecule has 1 aliphatic rings. The van der Waals surface area contributed by atoms with E-state index in [-0.39, 0.29) is 5.97 Å². The first-order chi connectivity index (χ1) is 7.72. The van der Waals surface area contributed by atoms with E-state index in [1.807, 2.05) is 6.92 Å². The highest BCUT2D eigenvalue weighted by atomic mass is 16.5. The Balaban J connectivity index is 2.09. The molecule has 94 valence electrons. The molecule has 0 unspecified atom stereocenters. The van der Waals surface area contributed by atoms with Crippen LogP contribution in [0.15, 0.2) is 0 Å². The average molecular weight is 229 g/mol. The number of nitrogens with zero attached hydrogens (tertiary/aromatic N) is 1. The molecule has 0 aromatic rings. The third-order valence-electron chi connectivity index (χ3n) is 2.91. The van der Waals surface area contributed by atoms with E-state index in [0.29, 0.717) is 13.0 Å². The summed E-state index contributed by atoms with van der Waals surface area (Å²) in [5.74, 6) is 0.627. The van der Waals surface area contributed by atoms with Gasteiger partial charge in [-0.25, -0.2) is 0 Å². The second kappa shape index (κ2) is 7.63. The predicted molar refractivity (Wildman–Crippen MR) is 62.3 cm³/mol. The van der Waals surface area contributed by atoms with Gasteiger partial charge in [-0.05, 0) is 32.7 Å². The molecule has 0 amide bonds. The Morgan fingerprint density at radius 2 is 2.12 bits per heavy atom. The predicted octanol–water partition coefficient (Wildman–Crippen LogP) is 1.30. The third-order valence-corrected chi connectivity index (χ3v) is 2.91. The van der Waals surface area contributed by atoms with Gasteiger partial charge >= 0.3 is 5.97 Å². The van der Waals surface area contributed by atoms with Gasteiger partial charge in [-0.1, -0.05) is 0 Å². The maximum Gasteiger partial charge on any atom is 0.307 e. The van der Waals surface area contributed by atoms with Crippen molar-refractivity contribution in [2.24, 2.45) is 5.92 Å². The SMILES string of the molecule is CCOC(=O)CCN(C)CC1CCOCC1. The second-order valence-electron chi connectivity index (χ2n) is 4.37. The maximum atomic E-state index is 11.2. The van der Waals surface area contributed by atoms with Crippen LogP contribution in [0.2, 0.25) is 0 Å². The van der Waals surface area contributed by atoms with Crippen LogP contribution in [-0.2, 0) is 14.3 Å². The smallest absolute Gasteiger partial charge is 0.307 e. The number of esters is 1. The summed E-state index contributed by atoms with van der Waals surface area (Å²) in [6.07, 6.45) is 2.78. The van der Waals surface area contributed by atoms with Gasteiger partial charge in [0.1, 0.15) is 0 Å². The van der Waals surface area contributed by atoms with Crippen molar-refractivity contribution < 1.29 is 14.3 Å². The molecule has 1 rings (SSSR count). The van der Waals surface area contributed by atoms with Gasteiger partial charge in [0, 0.05) is 26.3 Å². The van der Waals surface area contributed by atoms with Crippen LogP contribution in [0.3, 0.4) is 0 Å². The Hall–Kier alpha value is -0.610. The van der Waals surface area contributed by atoms with Gasteiger partial charge in [-0.15, -0.1) is 0 Å². The highest BCUT2D eigenvalue weighted by Gasteiger charge is 2.16.